The first-order valence-electron chi connectivity index (χ1n) is 13.2. The fourth-order valence-corrected chi connectivity index (χ4v) is 5.25. The van der Waals surface area contributed by atoms with Gasteiger partial charge >= 0.3 is 6.09 Å². The SMILES string of the molecule is C=C(c1ccc(OC2CCC2)cc1)N(C1CC1)C1CCc2nn(C(=O)OCc3ccccc3)cc2C1. The van der Waals surface area contributed by atoms with Crippen molar-refractivity contribution < 1.29 is 14.3 Å². The second-order valence-electron chi connectivity index (χ2n) is 10.3. The summed E-state index contributed by atoms with van der Waals surface area (Å²) in [6, 6.07) is 19.0. The van der Waals surface area contributed by atoms with Crippen LogP contribution < -0.4 is 4.74 Å². The number of benzene rings is 2. The van der Waals surface area contributed by atoms with E-state index in [0.717, 1.165) is 65.9 Å². The standard InChI is InChI=1S/C30H33N3O3/c1-21(23-10-15-28(16-11-23)36-27-8-5-9-27)33(25-12-13-25)26-14-17-29-24(18-26)19-32(31-29)30(34)35-20-22-6-3-2-4-7-22/h2-4,6-7,10-11,15-16,19,25-27H,1,5,8-9,12-14,17-18,20H2. The first-order chi connectivity index (χ1) is 17.6. The third-order valence-corrected chi connectivity index (χ3v) is 7.63. The number of nitrogens with zero attached hydrogens (tertiary/aromatic N) is 3. The van der Waals surface area contributed by atoms with Gasteiger partial charge in [0, 0.05) is 24.0 Å². The van der Waals surface area contributed by atoms with Crippen molar-refractivity contribution in [2.24, 2.45) is 0 Å². The Balaban J connectivity index is 1.12. The zero-order chi connectivity index (χ0) is 24.5. The minimum Gasteiger partial charge on any atom is -0.490 e. The molecular weight excluding hydrogens is 450 g/mol. The van der Waals surface area contributed by atoms with Crippen molar-refractivity contribution >= 4 is 11.8 Å². The van der Waals surface area contributed by atoms with Crippen LogP contribution in [0.2, 0.25) is 0 Å². The number of aryl methyl sites for hydroxylation is 1. The van der Waals surface area contributed by atoms with Gasteiger partial charge in [-0.25, -0.2) is 4.79 Å². The fourth-order valence-electron chi connectivity index (χ4n) is 5.25. The second-order valence-corrected chi connectivity index (χ2v) is 10.3. The molecule has 1 heterocycles. The molecule has 0 aliphatic heterocycles. The molecule has 3 aliphatic carbocycles. The predicted molar refractivity (Wildman–Crippen MR) is 139 cm³/mol. The summed E-state index contributed by atoms with van der Waals surface area (Å²) in [4.78, 5) is 15.1. The number of hydrogen-bond acceptors (Lipinski definition) is 5. The number of rotatable bonds is 8. The molecule has 6 rings (SSSR count). The van der Waals surface area contributed by atoms with E-state index < -0.39 is 6.09 Å². The molecule has 6 nitrogen and oxygen atoms in total. The van der Waals surface area contributed by atoms with Gasteiger partial charge in [0.1, 0.15) is 12.4 Å². The summed E-state index contributed by atoms with van der Waals surface area (Å²) in [5, 5.41) is 4.55. The number of hydrogen-bond donors (Lipinski definition) is 0. The van der Waals surface area contributed by atoms with Crippen LogP contribution >= 0.6 is 0 Å². The number of carbonyl (C=O) groups excluding carboxylic acids is 1. The normalized spacial score (nSPS) is 19.2. The molecule has 0 saturated heterocycles. The van der Waals surface area contributed by atoms with Crippen LogP contribution in [-0.2, 0) is 24.2 Å². The molecule has 0 N–H and O–H groups in total. The van der Waals surface area contributed by atoms with Crippen molar-refractivity contribution in [1.29, 1.82) is 0 Å². The molecule has 0 spiro atoms. The lowest BCUT2D eigenvalue weighted by Gasteiger charge is -2.37. The van der Waals surface area contributed by atoms with Crippen LogP contribution in [0.1, 0.15) is 60.9 Å². The summed E-state index contributed by atoms with van der Waals surface area (Å²) < 4.78 is 12.9. The van der Waals surface area contributed by atoms with Gasteiger partial charge in [0.25, 0.3) is 0 Å². The van der Waals surface area contributed by atoms with Gasteiger partial charge in [0.05, 0.1) is 11.8 Å². The van der Waals surface area contributed by atoms with E-state index in [4.69, 9.17) is 9.47 Å². The Kier molecular flexibility index (Phi) is 6.26. The number of fused-ring (bicyclic) bond motifs is 1. The smallest absolute Gasteiger partial charge is 0.435 e. The molecule has 0 radical (unpaired) electrons. The summed E-state index contributed by atoms with van der Waals surface area (Å²) in [5.74, 6) is 0.947. The average molecular weight is 484 g/mol. The van der Waals surface area contributed by atoms with Gasteiger partial charge in [-0.15, -0.1) is 0 Å². The molecular formula is C30H33N3O3. The Morgan fingerprint density at radius 1 is 1.00 bits per heavy atom. The predicted octanol–water partition coefficient (Wildman–Crippen LogP) is 5.99. The molecule has 3 aliphatic rings. The minimum atomic E-state index is -0.433. The zero-order valence-corrected chi connectivity index (χ0v) is 20.6. The Morgan fingerprint density at radius 2 is 1.78 bits per heavy atom. The summed E-state index contributed by atoms with van der Waals surface area (Å²) in [5.41, 5.74) is 5.32. The molecule has 36 heavy (non-hydrogen) atoms. The van der Waals surface area contributed by atoms with Crippen LogP contribution in [0.5, 0.6) is 5.75 Å². The lowest BCUT2D eigenvalue weighted by Crippen LogP contribution is -2.39. The Labute approximate surface area is 212 Å². The zero-order valence-electron chi connectivity index (χ0n) is 20.6. The van der Waals surface area contributed by atoms with E-state index in [0.29, 0.717) is 18.2 Å². The molecule has 1 aromatic heterocycles. The second kappa shape index (κ2) is 9.84. The van der Waals surface area contributed by atoms with E-state index in [9.17, 15) is 4.79 Å². The topological polar surface area (TPSA) is 56.6 Å². The third-order valence-electron chi connectivity index (χ3n) is 7.63. The van der Waals surface area contributed by atoms with E-state index in [1.54, 1.807) is 0 Å². The first-order valence-corrected chi connectivity index (χ1v) is 13.2. The summed E-state index contributed by atoms with van der Waals surface area (Å²) in [7, 11) is 0. The van der Waals surface area contributed by atoms with Crippen molar-refractivity contribution in [3.8, 4) is 5.75 Å². The highest BCUT2D eigenvalue weighted by atomic mass is 16.6. The minimum absolute atomic E-state index is 0.243. The van der Waals surface area contributed by atoms with Crippen molar-refractivity contribution in [1.82, 2.24) is 14.7 Å². The van der Waals surface area contributed by atoms with Gasteiger partial charge in [0.2, 0.25) is 0 Å². The molecule has 2 fully saturated rings. The van der Waals surface area contributed by atoms with Crippen molar-refractivity contribution in [2.75, 3.05) is 0 Å². The highest BCUT2D eigenvalue weighted by Crippen LogP contribution is 2.39. The average Bonchev–Trinajstić information content (AvgIpc) is 3.62. The molecule has 2 saturated carbocycles. The van der Waals surface area contributed by atoms with Gasteiger partial charge in [-0.3, -0.25) is 0 Å². The quantitative estimate of drug-likeness (QED) is 0.394. The van der Waals surface area contributed by atoms with Crippen LogP contribution in [-0.4, -0.2) is 39.0 Å². The molecule has 0 amide bonds. The highest BCUT2D eigenvalue weighted by molar-refractivity contribution is 5.69. The molecule has 2 aromatic carbocycles. The van der Waals surface area contributed by atoms with Gasteiger partial charge in [-0.05, 0) is 92.3 Å². The van der Waals surface area contributed by atoms with Crippen molar-refractivity contribution in [2.45, 2.75) is 76.2 Å². The maximum Gasteiger partial charge on any atom is 0.435 e. The monoisotopic (exact) mass is 483 g/mol. The van der Waals surface area contributed by atoms with Gasteiger partial charge < -0.3 is 14.4 Å². The Hall–Kier alpha value is -3.54. The van der Waals surface area contributed by atoms with Crippen LogP contribution in [0.25, 0.3) is 5.70 Å². The van der Waals surface area contributed by atoms with Gasteiger partial charge in [0.15, 0.2) is 0 Å². The fraction of sp³-hybridized carbons (Fsp3) is 0.400. The van der Waals surface area contributed by atoms with E-state index >= 15 is 0 Å². The largest absolute Gasteiger partial charge is 0.490 e. The highest BCUT2D eigenvalue weighted by Gasteiger charge is 2.37. The van der Waals surface area contributed by atoms with Gasteiger partial charge in [-0.1, -0.05) is 36.9 Å². The van der Waals surface area contributed by atoms with Crippen LogP contribution in [0.3, 0.4) is 0 Å². The van der Waals surface area contributed by atoms with Crippen molar-refractivity contribution in [3.05, 3.63) is 89.8 Å². The number of ether oxygens (including phenoxy) is 2. The van der Waals surface area contributed by atoms with E-state index in [1.807, 2.05) is 36.5 Å². The molecule has 0 bridgehead atoms. The van der Waals surface area contributed by atoms with Crippen LogP contribution in [0.15, 0.2) is 67.4 Å². The molecule has 1 unspecified atom stereocenters. The maximum absolute atomic E-state index is 12.6. The van der Waals surface area contributed by atoms with Gasteiger partial charge in [-0.2, -0.15) is 9.78 Å². The summed E-state index contributed by atoms with van der Waals surface area (Å²) in [6.07, 6.45) is 10.5. The summed E-state index contributed by atoms with van der Waals surface area (Å²) >= 11 is 0. The third kappa shape index (κ3) is 4.90. The maximum atomic E-state index is 12.6. The summed E-state index contributed by atoms with van der Waals surface area (Å²) in [6.45, 7) is 4.76. The van der Waals surface area contributed by atoms with E-state index in [1.165, 1.54) is 23.9 Å². The van der Waals surface area contributed by atoms with E-state index in [-0.39, 0.29) is 6.61 Å². The molecule has 186 valence electrons. The molecule has 6 heteroatoms. The van der Waals surface area contributed by atoms with Crippen molar-refractivity contribution in [3.63, 3.8) is 0 Å². The van der Waals surface area contributed by atoms with Crippen LogP contribution in [0.4, 0.5) is 4.79 Å². The Bertz CT molecular complexity index is 1230. The lowest BCUT2D eigenvalue weighted by atomic mass is 9.91. The van der Waals surface area contributed by atoms with E-state index in [2.05, 4.69) is 40.8 Å². The molecule has 1 atom stereocenters. The Morgan fingerprint density at radius 3 is 2.47 bits per heavy atom. The lowest BCUT2D eigenvalue weighted by molar-refractivity contribution is 0.120. The van der Waals surface area contributed by atoms with Crippen LogP contribution in [0, 0.1) is 0 Å². The number of carbonyl (C=O) groups is 1. The number of aromatic nitrogens is 2. The molecule has 3 aromatic rings. The first kappa shape index (κ1) is 22.9.